The highest BCUT2D eigenvalue weighted by atomic mass is 35.5. The van der Waals surface area contributed by atoms with Crippen LogP contribution in [-0.2, 0) is 16.1 Å². The Bertz CT molecular complexity index is 722. The normalized spacial score (nSPS) is 14.6. The quantitative estimate of drug-likeness (QED) is 0.797. The summed E-state index contributed by atoms with van der Waals surface area (Å²) < 4.78 is 5.45. The molecule has 0 radical (unpaired) electrons. The summed E-state index contributed by atoms with van der Waals surface area (Å²) in [7, 11) is 0. The molecule has 1 aliphatic rings. The molecule has 0 N–H and O–H groups in total. The van der Waals surface area contributed by atoms with Crippen molar-refractivity contribution in [3.63, 3.8) is 0 Å². The summed E-state index contributed by atoms with van der Waals surface area (Å²) in [6, 6.07) is 7.23. The summed E-state index contributed by atoms with van der Waals surface area (Å²) in [5.74, 6) is -0.0177. The number of aromatic nitrogens is 2. The molecule has 1 fully saturated rings. The molecule has 3 rings (SSSR count). The van der Waals surface area contributed by atoms with Crippen molar-refractivity contribution in [2.75, 3.05) is 37.7 Å². The maximum absolute atomic E-state index is 12.2. The number of carbonyl (C=O) groups excluding carboxylic acids is 1. The average molecular weight is 381 g/mol. The fraction of sp³-hybridized carbons (Fsp3) is 0.353. The summed E-state index contributed by atoms with van der Waals surface area (Å²) in [5.41, 5.74) is 1.70. The van der Waals surface area contributed by atoms with Crippen molar-refractivity contribution in [2.24, 2.45) is 0 Å². The Labute approximate surface area is 156 Å². The van der Waals surface area contributed by atoms with E-state index in [-0.39, 0.29) is 12.5 Å². The van der Waals surface area contributed by atoms with E-state index in [1.807, 2.05) is 12.1 Å². The lowest BCUT2D eigenvalue weighted by molar-refractivity contribution is -0.136. The van der Waals surface area contributed by atoms with Crippen LogP contribution in [0, 0.1) is 0 Å². The van der Waals surface area contributed by atoms with Gasteiger partial charge in [-0.1, -0.05) is 23.2 Å². The third kappa shape index (κ3) is 4.81. The molecule has 1 aliphatic heterocycles. The van der Waals surface area contributed by atoms with Crippen LogP contribution < -0.4 is 4.90 Å². The zero-order valence-corrected chi connectivity index (χ0v) is 15.1. The number of ether oxygens (including phenoxy) is 1. The van der Waals surface area contributed by atoms with E-state index >= 15 is 0 Å². The van der Waals surface area contributed by atoms with Crippen molar-refractivity contribution >= 4 is 34.8 Å². The number of anilines is 1. The highest BCUT2D eigenvalue weighted by molar-refractivity contribution is 6.36. The van der Waals surface area contributed by atoms with E-state index in [1.165, 1.54) is 6.33 Å². The van der Waals surface area contributed by atoms with Crippen molar-refractivity contribution in [2.45, 2.75) is 6.61 Å². The predicted molar refractivity (Wildman–Crippen MR) is 96.9 cm³/mol. The van der Waals surface area contributed by atoms with Crippen LogP contribution in [-0.4, -0.2) is 53.6 Å². The van der Waals surface area contributed by atoms with Crippen molar-refractivity contribution in [1.82, 2.24) is 14.9 Å². The van der Waals surface area contributed by atoms with Gasteiger partial charge in [0, 0.05) is 37.4 Å². The van der Waals surface area contributed by atoms with Gasteiger partial charge in [0.05, 0.1) is 23.0 Å². The zero-order valence-electron chi connectivity index (χ0n) is 13.6. The number of hydrogen-bond acceptors (Lipinski definition) is 5. The van der Waals surface area contributed by atoms with Crippen LogP contribution in [0.3, 0.4) is 0 Å². The number of hydrogen-bond donors (Lipinski definition) is 0. The molecule has 6 nitrogen and oxygen atoms in total. The lowest BCUT2D eigenvalue weighted by Gasteiger charge is -2.36. The molecule has 2 heterocycles. The maximum Gasteiger partial charge on any atom is 0.248 e. The molecule has 1 aromatic carbocycles. The molecular weight excluding hydrogens is 363 g/mol. The van der Waals surface area contributed by atoms with Crippen molar-refractivity contribution in [1.29, 1.82) is 0 Å². The Balaban J connectivity index is 1.46. The summed E-state index contributed by atoms with van der Waals surface area (Å²) in [4.78, 5) is 24.1. The summed E-state index contributed by atoms with van der Waals surface area (Å²) >= 11 is 12.2. The van der Waals surface area contributed by atoms with Crippen molar-refractivity contribution in [3.8, 4) is 0 Å². The lowest BCUT2D eigenvalue weighted by Crippen LogP contribution is -2.49. The molecular formula is C17H18Cl2N4O2. The molecule has 0 bridgehead atoms. The largest absolute Gasteiger partial charge is 0.367 e. The minimum Gasteiger partial charge on any atom is -0.367 e. The highest BCUT2D eigenvalue weighted by Gasteiger charge is 2.22. The Morgan fingerprint density at radius 3 is 2.64 bits per heavy atom. The van der Waals surface area contributed by atoms with Gasteiger partial charge in [0.25, 0.3) is 0 Å². The fourth-order valence-corrected chi connectivity index (χ4v) is 3.20. The number of piperazine rings is 1. The molecule has 0 aliphatic carbocycles. The van der Waals surface area contributed by atoms with Crippen LogP contribution in [0.5, 0.6) is 0 Å². The van der Waals surface area contributed by atoms with Crippen LogP contribution in [0.25, 0.3) is 0 Å². The number of benzene rings is 1. The highest BCUT2D eigenvalue weighted by Crippen LogP contribution is 2.29. The first-order valence-electron chi connectivity index (χ1n) is 7.94. The van der Waals surface area contributed by atoms with Gasteiger partial charge in [-0.25, -0.2) is 9.97 Å². The monoisotopic (exact) mass is 380 g/mol. The Kier molecular flexibility index (Phi) is 6.07. The molecule has 1 saturated heterocycles. The predicted octanol–water partition coefficient (Wildman–Crippen LogP) is 2.65. The third-order valence-electron chi connectivity index (χ3n) is 4.00. The van der Waals surface area contributed by atoms with E-state index in [9.17, 15) is 4.79 Å². The smallest absolute Gasteiger partial charge is 0.248 e. The number of rotatable bonds is 5. The minimum absolute atomic E-state index is 0.0177. The van der Waals surface area contributed by atoms with Crippen LogP contribution in [0.4, 0.5) is 5.69 Å². The van der Waals surface area contributed by atoms with E-state index in [1.54, 1.807) is 23.2 Å². The van der Waals surface area contributed by atoms with Crippen molar-refractivity contribution < 1.29 is 9.53 Å². The maximum atomic E-state index is 12.2. The van der Waals surface area contributed by atoms with Gasteiger partial charge in [-0.2, -0.15) is 0 Å². The van der Waals surface area contributed by atoms with Gasteiger partial charge >= 0.3 is 0 Å². The number of carbonyl (C=O) groups is 1. The summed E-state index contributed by atoms with van der Waals surface area (Å²) in [6.45, 7) is 3.06. The molecule has 0 unspecified atom stereocenters. The van der Waals surface area contributed by atoms with Gasteiger partial charge in [0.15, 0.2) is 0 Å². The van der Waals surface area contributed by atoms with Gasteiger partial charge in [0.1, 0.15) is 12.9 Å². The number of halogens is 2. The molecule has 0 saturated carbocycles. The Morgan fingerprint density at radius 2 is 1.96 bits per heavy atom. The van der Waals surface area contributed by atoms with Gasteiger partial charge < -0.3 is 14.5 Å². The van der Waals surface area contributed by atoms with Gasteiger partial charge in [-0.3, -0.25) is 4.79 Å². The molecule has 2 aromatic rings. The van der Waals surface area contributed by atoms with Crippen molar-refractivity contribution in [3.05, 3.63) is 52.5 Å². The van der Waals surface area contributed by atoms with E-state index in [0.29, 0.717) is 29.7 Å². The topological polar surface area (TPSA) is 58.6 Å². The Morgan fingerprint density at radius 1 is 1.16 bits per heavy atom. The number of nitrogens with zero attached hydrogens (tertiary/aromatic N) is 4. The van der Waals surface area contributed by atoms with Gasteiger partial charge in [-0.05, 0) is 24.3 Å². The minimum atomic E-state index is -0.0177. The average Bonchev–Trinajstić information content (AvgIpc) is 2.63. The molecule has 8 heteroatoms. The van der Waals surface area contributed by atoms with E-state index in [4.69, 9.17) is 27.9 Å². The second-order valence-electron chi connectivity index (χ2n) is 5.66. The van der Waals surface area contributed by atoms with E-state index in [2.05, 4.69) is 14.9 Å². The molecule has 132 valence electrons. The summed E-state index contributed by atoms with van der Waals surface area (Å²) in [5, 5.41) is 1.24. The first kappa shape index (κ1) is 17.9. The molecule has 0 atom stereocenters. The molecule has 1 aromatic heterocycles. The fourth-order valence-electron chi connectivity index (χ4n) is 2.67. The first-order chi connectivity index (χ1) is 12.1. The SMILES string of the molecule is O=C(COCc1ccncn1)N1CCN(c2ccc(Cl)cc2Cl)CC1. The zero-order chi connectivity index (χ0) is 17.6. The van der Waals surface area contributed by atoms with E-state index in [0.717, 1.165) is 24.5 Å². The molecule has 1 amide bonds. The Hall–Kier alpha value is -1.89. The second kappa shape index (κ2) is 8.47. The molecule has 25 heavy (non-hydrogen) atoms. The van der Waals surface area contributed by atoms with Crippen LogP contribution >= 0.6 is 23.2 Å². The summed E-state index contributed by atoms with van der Waals surface area (Å²) in [6.07, 6.45) is 3.11. The standard InChI is InChI=1S/C17H18Cl2N4O2/c18-13-1-2-16(15(19)9-13)22-5-7-23(8-6-22)17(24)11-25-10-14-3-4-20-12-21-14/h1-4,9,12H,5-8,10-11H2. The van der Waals surface area contributed by atoms with Crippen LogP contribution in [0.1, 0.15) is 5.69 Å². The first-order valence-corrected chi connectivity index (χ1v) is 8.69. The van der Waals surface area contributed by atoms with Crippen LogP contribution in [0.15, 0.2) is 36.8 Å². The second-order valence-corrected chi connectivity index (χ2v) is 6.50. The lowest BCUT2D eigenvalue weighted by atomic mass is 10.2. The third-order valence-corrected chi connectivity index (χ3v) is 4.54. The van der Waals surface area contributed by atoms with Gasteiger partial charge in [-0.15, -0.1) is 0 Å². The molecule has 0 spiro atoms. The van der Waals surface area contributed by atoms with E-state index < -0.39 is 0 Å². The number of amides is 1. The van der Waals surface area contributed by atoms with Gasteiger partial charge in [0.2, 0.25) is 5.91 Å². The van der Waals surface area contributed by atoms with Crippen LogP contribution in [0.2, 0.25) is 10.0 Å².